The second-order valence-corrected chi connectivity index (χ2v) is 8.09. The molecule has 2 aromatic heterocycles. The molecule has 1 amide bonds. The molecular formula is C28H24N4O2. The molecule has 2 heterocycles. The summed E-state index contributed by atoms with van der Waals surface area (Å²) in [6.07, 6.45) is 0. The van der Waals surface area contributed by atoms with E-state index in [1.54, 1.807) is 0 Å². The zero-order chi connectivity index (χ0) is 23.5. The Kier molecular flexibility index (Phi) is 5.79. The number of carbonyl (C=O) groups is 1. The number of benzene rings is 3. The second kappa shape index (κ2) is 9.19. The molecule has 0 fully saturated rings. The van der Waals surface area contributed by atoms with Crippen molar-refractivity contribution in [1.82, 2.24) is 14.8 Å². The maximum absolute atomic E-state index is 12.5. The van der Waals surface area contributed by atoms with Gasteiger partial charge in [-0.15, -0.1) is 0 Å². The zero-order valence-electron chi connectivity index (χ0n) is 19.0. The van der Waals surface area contributed by atoms with Gasteiger partial charge in [-0.25, -0.2) is 4.68 Å². The van der Waals surface area contributed by atoms with E-state index in [1.165, 1.54) is 0 Å². The molecule has 3 aromatic carbocycles. The van der Waals surface area contributed by atoms with E-state index in [0.29, 0.717) is 11.5 Å². The highest BCUT2D eigenvalue weighted by Gasteiger charge is 2.19. The summed E-state index contributed by atoms with van der Waals surface area (Å²) < 4.78 is 7.63. The number of nitrogens with zero attached hydrogens (tertiary/aromatic N) is 3. The number of pyridine rings is 1. The van der Waals surface area contributed by atoms with Crippen molar-refractivity contribution in [3.63, 3.8) is 0 Å². The maximum atomic E-state index is 12.5. The lowest BCUT2D eigenvalue weighted by Crippen LogP contribution is -2.21. The van der Waals surface area contributed by atoms with E-state index in [0.717, 1.165) is 39.1 Å². The Labute approximate surface area is 197 Å². The molecule has 34 heavy (non-hydrogen) atoms. The number of anilines is 1. The molecule has 6 heteroatoms. The standard InChI is InChI=1S/C28H24N4O2/c1-19-11-9-10-16-23(19)29-24(33)18-34-25-17-20(2)26-27(21-12-5-3-6-13-21)31-32(28(26)30-25)22-14-7-4-8-15-22/h3-17H,18H2,1-2H3,(H,29,33). The highest BCUT2D eigenvalue weighted by molar-refractivity contribution is 5.95. The Morgan fingerprint density at radius 3 is 2.29 bits per heavy atom. The molecule has 0 saturated heterocycles. The Balaban J connectivity index is 1.50. The highest BCUT2D eigenvalue weighted by Crippen LogP contribution is 2.33. The predicted molar refractivity (Wildman–Crippen MR) is 134 cm³/mol. The number of rotatable bonds is 6. The van der Waals surface area contributed by atoms with Crippen LogP contribution < -0.4 is 10.1 Å². The van der Waals surface area contributed by atoms with Crippen LogP contribution in [0.2, 0.25) is 0 Å². The molecule has 5 rings (SSSR count). The third-order valence-corrected chi connectivity index (χ3v) is 5.63. The number of nitrogens with one attached hydrogen (secondary N) is 1. The van der Waals surface area contributed by atoms with E-state index in [2.05, 4.69) is 5.32 Å². The van der Waals surface area contributed by atoms with Crippen molar-refractivity contribution in [2.24, 2.45) is 0 Å². The third kappa shape index (κ3) is 4.26. The fourth-order valence-corrected chi connectivity index (χ4v) is 3.93. The minimum absolute atomic E-state index is 0.142. The number of amides is 1. The van der Waals surface area contributed by atoms with Crippen LogP contribution in [0, 0.1) is 13.8 Å². The summed E-state index contributed by atoms with van der Waals surface area (Å²) in [6.45, 7) is 3.81. The molecule has 0 atom stereocenters. The number of aryl methyl sites for hydroxylation is 2. The normalized spacial score (nSPS) is 10.9. The van der Waals surface area contributed by atoms with Crippen molar-refractivity contribution >= 4 is 22.6 Å². The summed E-state index contributed by atoms with van der Waals surface area (Å²) in [5.41, 5.74) is 6.18. The van der Waals surface area contributed by atoms with Crippen molar-refractivity contribution < 1.29 is 9.53 Å². The van der Waals surface area contributed by atoms with Gasteiger partial charge in [0, 0.05) is 17.3 Å². The van der Waals surface area contributed by atoms with Crippen molar-refractivity contribution in [1.29, 1.82) is 0 Å². The third-order valence-electron chi connectivity index (χ3n) is 5.63. The van der Waals surface area contributed by atoms with Crippen molar-refractivity contribution in [2.45, 2.75) is 13.8 Å². The number of ether oxygens (including phenoxy) is 1. The minimum atomic E-state index is -0.240. The van der Waals surface area contributed by atoms with Crippen LogP contribution in [0.4, 0.5) is 5.69 Å². The summed E-state index contributed by atoms with van der Waals surface area (Å²) in [6, 6.07) is 29.4. The minimum Gasteiger partial charge on any atom is -0.467 e. The second-order valence-electron chi connectivity index (χ2n) is 8.09. The lowest BCUT2D eigenvalue weighted by molar-refractivity contribution is -0.118. The Hall–Kier alpha value is -4.45. The quantitative estimate of drug-likeness (QED) is 0.361. The lowest BCUT2D eigenvalue weighted by Gasteiger charge is -2.10. The van der Waals surface area contributed by atoms with Crippen LogP contribution in [0.3, 0.4) is 0 Å². The van der Waals surface area contributed by atoms with Crippen LogP contribution in [0.5, 0.6) is 5.88 Å². The van der Waals surface area contributed by atoms with E-state index in [-0.39, 0.29) is 12.5 Å². The van der Waals surface area contributed by atoms with Crippen LogP contribution in [0.1, 0.15) is 11.1 Å². The molecular weight excluding hydrogens is 424 g/mol. The molecule has 0 aliphatic heterocycles. The summed E-state index contributed by atoms with van der Waals surface area (Å²) in [4.78, 5) is 17.2. The van der Waals surface area contributed by atoms with Crippen LogP contribution in [-0.2, 0) is 4.79 Å². The number of aromatic nitrogens is 3. The van der Waals surface area contributed by atoms with Crippen LogP contribution >= 0.6 is 0 Å². The Morgan fingerprint density at radius 1 is 0.882 bits per heavy atom. The molecule has 0 spiro atoms. The molecule has 5 aromatic rings. The SMILES string of the molecule is Cc1ccccc1NC(=O)COc1cc(C)c2c(-c3ccccc3)nn(-c3ccccc3)c2n1. The summed E-state index contributed by atoms with van der Waals surface area (Å²) in [7, 11) is 0. The number of hydrogen-bond acceptors (Lipinski definition) is 4. The molecule has 0 saturated carbocycles. The van der Waals surface area contributed by atoms with E-state index in [4.69, 9.17) is 14.8 Å². The number of carbonyl (C=O) groups excluding carboxylic acids is 1. The van der Waals surface area contributed by atoms with Gasteiger partial charge in [0.2, 0.25) is 5.88 Å². The molecule has 0 aliphatic rings. The molecule has 1 N–H and O–H groups in total. The molecule has 0 radical (unpaired) electrons. The van der Waals surface area contributed by atoms with Gasteiger partial charge in [-0.1, -0.05) is 66.7 Å². The van der Waals surface area contributed by atoms with Crippen LogP contribution in [0.25, 0.3) is 28.0 Å². The zero-order valence-corrected chi connectivity index (χ0v) is 19.0. The lowest BCUT2D eigenvalue weighted by atomic mass is 10.1. The van der Waals surface area contributed by atoms with Crippen LogP contribution in [0.15, 0.2) is 91.0 Å². The first-order valence-corrected chi connectivity index (χ1v) is 11.1. The van der Waals surface area contributed by atoms with Gasteiger partial charge >= 0.3 is 0 Å². The van der Waals surface area contributed by atoms with E-state index in [1.807, 2.05) is 110 Å². The average Bonchev–Trinajstić information content (AvgIpc) is 3.25. The highest BCUT2D eigenvalue weighted by atomic mass is 16.5. The first kappa shape index (κ1) is 21.4. The monoisotopic (exact) mass is 448 g/mol. The number of fused-ring (bicyclic) bond motifs is 1. The first-order valence-electron chi connectivity index (χ1n) is 11.1. The van der Waals surface area contributed by atoms with Crippen molar-refractivity contribution in [3.05, 3.63) is 102 Å². The van der Waals surface area contributed by atoms with E-state index >= 15 is 0 Å². The van der Waals surface area contributed by atoms with Gasteiger partial charge in [-0.2, -0.15) is 10.1 Å². The fraction of sp³-hybridized carbons (Fsp3) is 0.107. The van der Waals surface area contributed by atoms with Crippen molar-refractivity contribution in [2.75, 3.05) is 11.9 Å². The Bertz CT molecular complexity index is 1460. The van der Waals surface area contributed by atoms with Gasteiger partial charge in [-0.3, -0.25) is 4.79 Å². The van der Waals surface area contributed by atoms with Gasteiger partial charge in [0.1, 0.15) is 5.69 Å². The van der Waals surface area contributed by atoms with Gasteiger partial charge in [0.05, 0.1) is 11.1 Å². The largest absolute Gasteiger partial charge is 0.467 e. The van der Waals surface area contributed by atoms with Crippen molar-refractivity contribution in [3.8, 4) is 22.8 Å². The molecule has 168 valence electrons. The smallest absolute Gasteiger partial charge is 0.262 e. The van der Waals surface area contributed by atoms with E-state index in [9.17, 15) is 4.79 Å². The molecule has 0 aliphatic carbocycles. The summed E-state index contributed by atoms with van der Waals surface area (Å²) >= 11 is 0. The molecule has 6 nitrogen and oxygen atoms in total. The maximum Gasteiger partial charge on any atom is 0.262 e. The topological polar surface area (TPSA) is 69.0 Å². The molecule has 0 unspecified atom stereocenters. The fourth-order valence-electron chi connectivity index (χ4n) is 3.93. The van der Waals surface area contributed by atoms with Gasteiger partial charge in [0.15, 0.2) is 12.3 Å². The van der Waals surface area contributed by atoms with Gasteiger partial charge < -0.3 is 10.1 Å². The van der Waals surface area contributed by atoms with Gasteiger partial charge in [-0.05, 0) is 43.2 Å². The van der Waals surface area contributed by atoms with E-state index < -0.39 is 0 Å². The summed E-state index contributed by atoms with van der Waals surface area (Å²) in [5, 5.41) is 8.75. The number of hydrogen-bond donors (Lipinski definition) is 1. The molecule has 0 bridgehead atoms. The Morgan fingerprint density at radius 2 is 1.56 bits per heavy atom. The predicted octanol–water partition coefficient (Wildman–Crippen LogP) is 5.72. The summed E-state index contributed by atoms with van der Waals surface area (Å²) in [5.74, 6) is 0.136. The first-order chi connectivity index (χ1) is 16.6. The van der Waals surface area contributed by atoms with Crippen LogP contribution in [-0.4, -0.2) is 27.3 Å². The van der Waals surface area contributed by atoms with Gasteiger partial charge in [0.25, 0.3) is 5.91 Å². The average molecular weight is 449 g/mol. The number of para-hydroxylation sites is 2.